The van der Waals surface area contributed by atoms with Gasteiger partial charge in [0.05, 0.1) is 23.6 Å². The Bertz CT molecular complexity index is 1140. The number of hydrogen-bond acceptors (Lipinski definition) is 6. The second-order valence-corrected chi connectivity index (χ2v) is 8.44. The molecule has 0 aliphatic rings. The van der Waals surface area contributed by atoms with E-state index < -0.39 is 6.16 Å². The summed E-state index contributed by atoms with van der Waals surface area (Å²) < 4.78 is 22.6. The lowest BCUT2D eigenvalue weighted by Crippen LogP contribution is -2.17. The van der Waals surface area contributed by atoms with Crippen LogP contribution in [0.2, 0.25) is 0 Å². The van der Waals surface area contributed by atoms with Gasteiger partial charge >= 0.3 is 6.16 Å². The number of ether oxygens (including phenoxy) is 4. The average molecular weight is 452 g/mol. The van der Waals surface area contributed by atoms with E-state index in [9.17, 15) is 4.79 Å². The van der Waals surface area contributed by atoms with Crippen LogP contribution in [0.1, 0.15) is 48.7 Å². The van der Waals surface area contributed by atoms with Gasteiger partial charge in [0.15, 0.2) is 0 Å². The van der Waals surface area contributed by atoms with Crippen LogP contribution in [0.15, 0.2) is 30.3 Å². The molecule has 0 bridgehead atoms. The second-order valence-electron chi connectivity index (χ2n) is 8.44. The van der Waals surface area contributed by atoms with Crippen molar-refractivity contribution in [1.82, 2.24) is 4.98 Å². The number of pyridine rings is 1. The van der Waals surface area contributed by atoms with Crippen molar-refractivity contribution in [3.05, 3.63) is 58.3 Å². The number of aromatic nitrogens is 1. The van der Waals surface area contributed by atoms with E-state index in [1.165, 1.54) is 0 Å². The number of carbonyl (C=O) groups excluding carboxylic acids is 1. The highest BCUT2D eigenvalue weighted by Gasteiger charge is 2.21. The van der Waals surface area contributed by atoms with Crippen molar-refractivity contribution < 1.29 is 23.7 Å². The standard InChI is InChI=1S/C27H33NO5/c1-8-22-19(6)26(33-27(29)31-14-13-30-16(2)3)24-20(7)25(18(5)15-23(24)28-22)32-21-11-9-17(4)10-12-21/h9-12,15-16H,8,13-14H2,1-7H3. The van der Waals surface area contributed by atoms with Gasteiger partial charge in [-0.3, -0.25) is 4.98 Å². The van der Waals surface area contributed by atoms with Gasteiger partial charge in [0.2, 0.25) is 0 Å². The van der Waals surface area contributed by atoms with E-state index in [1.54, 1.807) is 0 Å². The molecular weight excluding hydrogens is 418 g/mol. The van der Waals surface area contributed by atoms with E-state index >= 15 is 0 Å². The van der Waals surface area contributed by atoms with Crippen molar-refractivity contribution in [3.8, 4) is 17.2 Å². The van der Waals surface area contributed by atoms with Crippen molar-refractivity contribution in [2.75, 3.05) is 13.2 Å². The summed E-state index contributed by atoms with van der Waals surface area (Å²) in [5.41, 5.74) is 5.42. The molecule has 0 aliphatic carbocycles. The van der Waals surface area contributed by atoms with Crippen LogP contribution in [0.4, 0.5) is 4.79 Å². The van der Waals surface area contributed by atoms with Crippen molar-refractivity contribution in [2.45, 2.75) is 61.0 Å². The van der Waals surface area contributed by atoms with Gasteiger partial charge in [-0.15, -0.1) is 0 Å². The Morgan fingerprint density at radius 3 is 2.30 bits per heavy atom. The summed E-state index contributed by atoms with van der Waals surface area (Å²) >= 11 is 0. The molecule has 6 heteroatoms. The normalized spacial score (nSPS) is 11.2. The maximum Gasteiger partial charge on any atom is 0.513 e. The highest BCUT2D eigenvalue weighted by Crippen LogP contribution is 2.40. The van der Waals surface area contributed by atoms with Crippen molar-refractivity contribution >= 4 is 17.1 Å². The molecule has 176 valence electrons. The molecule has 1 aromatic heterocycles. The Morgan fingerprint density at radius 1 is 0.970 bits per heavy atom. The van der Waals surface area contributed by atoms with Crippen molar-refractivity contribution in [3.63, 3.8) is 0 Å². The summed E-state index contributed by atoms with van der Waals surface area (Å²) in [6.45, 7) is 14.2. The molecular formula is C27H33NO5. The van der Waals surface area contributed by atoms with Crippen LogP contribution < -0.4 is 9.47 Å². The Morgan fingerprint density at radius 2 is 1.67 bits per heavy atom. The predicted octanol–water partition coefficient (Wildman–Crippen LogP) is 6.76. The number of rotatable bonds is 8. The first-order chi connectivity index (χ1) is 15.7. The van der Waals surface area contributed by atoms with Crippen LogP contribution in [0, 0.1) is 27.7 Å². The first kappa shape index (κ1) is 24.5. The van der Waals surface area contributed by atoms with Gasteiger partial charge in [-0.25, -0.2) is 4.79 Å². The number of benzene rings is 2. The fourth-order valence-corrected chi connectivity index (χ4v) is 3.74. The van der Waals surface area contributed by atoms with Crippen LogP contribution in [-0.2, 0) is 15.9 Å². The molecule has 2 aromatic carbocycles. The molecule has 0 unspecified atom stereocenters. The lowest BCUT2D eigenvalue weighted by atomic mass is 9.99. The van der Waals surface area contributed by atoms with Gasteiger partial charge in [0.25, 0.3) is 0 Å². The molecule has 6 nitrogen and oxygen atoms in total. The smallest absolute Gasteiger partial charge is 0.457 e. The largest absolute Gasteiger partial charge is 0.513 e. The van der Waals surface area contributed by atoms with Crippen LogP contribution in [0.3, 0.4) is 0 Å². The molecule has 3 aromatic rings. The first-order valence-corrected chi connectivity index (χ1v) is 11.3. The summed E-state index contributed by atoms with van der Waals surface area (Å²) in [7, 11) is 0. The zero-order valence-corrected chi connectivity index (χ0v) is 20.6. The minimum atomic E-state index is -0.763. The van der Waals surface area contributed by atoms with Gasteiger partial charge in [-0.1, -0.05) is 24.6 Å². The molecule has 3 rings (SSSR count). The lowest BCUT2D eigenvalue weighted by molar-refractivity contribution is 0.0273. The van der Waals surface area contributed by atoms with Crippen LogP contribution in [0.5, 0.6) is 17.2 Å². The van der Waals surface area contributed by atoms with Crippen LogP contribution >= 0.6 is 0 Å². The fraction of sp³-hybridized carbons (Fsp3) is 0.407. The monoisotopic (exact) mass is 451 g/mol. The third kappa shape index (κ3) is 5.82. The molecule has 0 aliphatic heterocycles. The summed E-state index contributed by atoms with van der Waals surface area (Å²) in [5, 5.41) is 0.743. The van der Waals surface area contributed by atoms with E-state index in [1.807, 2.05) is 78.8 Å². The number of carbonyl (C=O) groups is 1. The quantitative estimate of drug-likeness (QED) is 0.278. The van der Waals surface area contributed by atoms with E-state index in [-0.39, 0.29) is 12.7 Å². The maximum absolute atomic E-state index is 12.5. The Kier molecular flexibility index (Phi) is 7.92. The number of nitrogens with zero attached hydrogens (tertiary/aromatic N) is 1. The topological polar surface area (TPSA) is 66.9 Å². The molecule has 0 fully saturated rings. The molecule has 0 atom stereocenters. The van der Waals surface area contributed by atoms with Gasteiger partial charge in [-0.05, 0) is 71.7 Å². The summed E-state index contributed by atoms with van der Waals surface area (Å²) in [6.07, 6.45) is 0.0247. The molecule has 33 heavy (non-hydrogen) atoms. The molecule has 1 heterocycles. The summed E-state index contributed by atoms with van der Waals surface area (Å²) in [5.74, 6) is 1.92. The highest BCUT2D eigenvalue weighted by molar-refractivity contribution is 5.94. The third-order valence-corrected chi connectivity index (χ3v) is 5.45. The third-order valence-electron chi connectivity index (χ3n) is 5.45. The number of hydrogen-bond donors (Lipinski definition) is 0. The Labute approximate surface area is 195 Å². The van der Waals surface area contributed by atoms with Crippen molar-refractivity contribution in [2.24, 2.45) is 0 Å². The molecule has 0 N–H and O–H groups in total. The summed E-state index contributed by atoms with van der Waals surface area (Å²) in [6, 6.07) is 9.87. The van der Waals surface area contributed by atoms with Crippen LogP contribution in [0.25, 0.3) is 10.9 Å². The molecule has 0 saturated carbocycles. The van der Waals surface area contributed by atoms with Gasteiger partial charge in [-0.2, -0.15) is 0 Å². The maximum atomic E-state index is 12.5. The number of aryl methyl sites for hydroxylation is 4. The minimum absolute atomic E-state index is 0.0703. The van der Waals surface area contributed by atoms with E-state index in [4.69, 9.17) is 23.9 Å². The number of fused-ring (bicyclic) bond motifs is 1. The van der Waals surface area contributed by atoms with E-state index in [2.05, 4.69) is 0 Å². The molecule has 0 amide bonds. The fourth-order valence-electron chi connectivity index (χ4n) is 3.74. The van der Waals surface area contributed by atoms with Gasteiger partial charge < -0.3 is 18.9 Å². The lowest BCUT2D eigenvalue weighted by Gasteiger charge is -2.19. The van der Waals surface area contributed by atoms with Gasteiger partial charge in [0, 0.05) is 16.8 Å². The predicted molar refractivity (Wildman–Crippen MR) is 130 cm³/mol. The Balaban J connectivity index is 2.00. The molecule has 0 saturated heterocycles. The zero-order valence-electron chi connectivity index (χ0n) is 20.6. The van der Waals surface area contributed by atoms with Gasteiger partial charge in [0.1, 0.15) is 23.9 Å². The van der Waals surface area contributed by atoms with Crippen LogP contribution in [-0.4, -0.2) is 30.5 Å². The second kappa shape index (κ2) is 10.7. The summed E-state index contributed by atoms with van der Waals surface area (Å²) in [4.78, 5) is 17.3. The SMILES string of the molecule is CCc1nc2cc(C)c(Oc3ccc(C)cc3)c(C)c2c(OC(=O)OCCOC(C)C)c1C. The highest BCUT2D eigenvalue weighted by atomic mass is 16.7. The van der Waals surface area contributed by atoms with E-state index in [0.29, 0.717) is 12.4 Å². The average Bonchev–Trinajstić information content (AvgIpc) is 2.77. The molecule has 0 spiro atoms. The van der Waals surface area contributed by atoms with Crippen molar-refractivity contribution in [1.29, 1.82) is 0 Å². The zero-order chi connectivity index (χ0) is 24.1. The minimum Gasteiger partial charge on any atom is -0.457 e. The Hall–Kier alpha value is -3.12. The molecule has 0 radical (unpaired) electrons. The first-order valence-electron chi connectivity index (χ1n) is 11.3. The van der Waals surface area contributed by atoms with E-state index in [0.717, 1.165) is 56.8 Å².